The SMILES string of the molecule is CCOC(=O)N1CCN(C(=NC)NCC2CCN(c3cccc(OC)c3)C2)CC1.I. The van der Waals surface area contributed by atoms with E-state index in [0.717, 1.165) is 50.9 Å². The Hall–Kier alpha value is -1.91. The van der Waals surface area contributed by atoms with E-state index >= 15 is 0 Å². The summed E-state index contributed by atoms with van der Waals surface area (Å²) in [5.74, 6) is 2.37. The average Bonchev–Trinajstić information content (AvgIpc) is 3.24. The quantitative estimate of drug-likeness (QED) is 0.358. The standard InChI is InChI=1S/C21H33N5O3.HI/c1-4-29-21(27)25-12-10-24(11-13-25)20(22-2)23-15-17-8-9-26(16-17)18-6-5-7-19(14-18)28-3;/h5-7,14,17H,4,8-13,15-16H2,1-3H3,(H,22,23);1H. The summed E-state index contributed by atoms with van der Waals surface area (Å²) >= 11 is 0. The van der Waals surface area contributed by atoms with E-state index in [9.17, 15) is 4.79 Å². The molecule has 168 valence electrons. The van der Waals surface area contributed by atoms with Crippen molar-refractivity contribution in [3.05, 3.63) is 24.3 Å². The zero-order valence-electron chi connectivity index (χ0n) is 18.2. The van der Waals surface area contributed by atoms with Gasteiger partial charge in [0.05, 0.1) is 13.7 Å². The first-order valence-electron chi connectivity index (χ1n) is 10.4. The minimum atomic E-state index is -0.223. The van der Waals surface area contributed by atoms with Gasteiger partial charge in [0.1, 0.15) is 5.75 Å². The summed E-state index contributed by atoms with van der Waals surface area (Å²) in [4.78, 5) is 22.7. The molecule has 2 fully saturated rings. The fourth-order valence-electron chi connectivity index (χ4n) is 3.92. The Balaban J connectivity index is 0.00000320. The maximum atomic E-state index is 11.9. The highest BCUT2D eigenvalue weighted by atomic mass is 127. The number of hydrogen-bond acceptors (Lipinski definition) is 5. The van der Waals surface area contributed by atoms with Crippen molar-refractivity contribution in [1.82, 2.24) is 15.1 Å². The second-order valence-electron chi connectivity index (χ2n) is 7.40. The number of nitrogens with zero attached hydrogens (tertiary/aromatic N) is 4. The Labute approximate surface area is 196 Å². The molecule has 2 aliphatic rings. The monoisotopic (exact) mass is 531 g/mol. The molecule has 1 aromatic rings. The number of methoxy groups -OCH3 is 1. The van der Waals surface area contributed by atoms with E-state index in [-0.39, 0.29) is 30.1 Å². The van der Waals surface area contributed by atoms with Gasteiger partial charge in [-0.25, -0.2) is 4.79 Å². The molecule has 0 aromatic heterocycles. The molecule has 2 aliphatic heterocycles. The third-order valence-electron chi connectivity index (χ3n) is 5.57. The zero-order valence-corrected chi connectivity index (χ0v) is 20.5. The Morgan fingerprint density at radius 2 is 1.93 bits per heavy atom. The lowest BCUT2D eigenvalue weighted by atomic mass is 10.1. The number of carbonyl (C=O) groups excluding carboxylic acids is 1. The summed E-state index contributed by atoms with van der Waals surface area (Å²) in [5, 5.41) is 3.53. The Kier molecular flexibility index (Phi) is 9.80. The lowest BCUT2D eigenvalue weighted by molar-refractivity contribution is 0.0914. The van der Waals surface area contributed by atoms with Crippen LogP contribution >= 0.6 is 24.0 Å². The molecule has 30 heavy (non-hydrogen) atoms. The molecule has 0 radical (unpaired) electrons. The fourth-order valence-corrected chi connectivity index (χ4v) is 3.92. The maximum Gasteiger partial charge on any atom is 0.409 e. The van der Waals surface area contributed by atoms with E-state index in [4.69, 9.17) is 9.47 Å². The fraction of sp³-hybridized carbons (Fsp3) is 0.619. The van der Waals surface area contributed by atoms with Crippen molar-refractivity contribution in [2.24, 2.45) is 10.9 Å². The van der Waals surface area contributed by atoms with Crippen LogP contribution in [0, 0.1) is 5.92 Å². The van der Waals surface area contributed by atoms with E-state index in [1.807, 2.05) is 26.1 Å². The molecular weight excluding hydrogens is 497 g/mol. The molecule has 0 aliphatic carbocycles. The number of ether oxygens (including phenoxy) is 2. The van der Waals surface area contributed by atoms with E-state index in [1.54, 1.807) is 12.0 Å². The molecule has 9 heteroatoms. The van der Waals surface area contributed by atoms with Gasteiger partial charge in [-0.05, 0) is 31.4 Å². The minimum absolute atomic E-state index is 0. The van der Waals surface area contributed by atoms with Crippen LogP contribution in [0.3, 0.4) is 0 Å². The first-order chi connectivity index (χ1) is 14.1. The number of rotatable bonds is 5. The Morgan fingerprint density at radius 1 is 1.20 bits per heavy atom. The number of amides is 1. The second kappa shape index (κ2) is 12.1. The Bertz CT molecular complexity index is 710. The molecule has 1 amide bonds. The number of aliphatic imine (C=N–C) groups is 1. The number of guanidine groups is 1. The van der Waals surface area contributed by atoms with E-state index in [2.05, 4.69) is 32.2 Å². The maximum absolute atomic E-state index is 11.9. The van der Waals surface area contributed by atoms with Crippen molar-refractivity contribution in [2.75, 3.05) is 71.5 Å². The highest BCUT2D eigenvalue weighted by Crippen LogP contribution is 2.26. The van der Waals surface area contributed by atoms with Crippen molar-refractivity contribution in [3.8, 4) is 5.75 Å². The van der Waals surface area contributed by atoms with Crippen LogP contribution in [0.2, 0.25) is 0 Å². The summed E-state index contributed by atoms with van der Waals surface area (Å²) in [6.45, 7) is 8.06. The van der Waals surface area contributed by atoms with Crippen LogP contribution in [0.15, 0.2) is 29.3 Å². The Morgan fingerprint density at radius 3 is 2.60 bits per heavy atom. The van der Waals surface area contributed by atoms with Crippen LogP contribution in [0.1, 0.15) is 13.3 Å². The third kappa shape index (κ3) is 6.29. The van der Waals surface area contributed by atoms with Gasteiger partial charge in [0.2, 0.25) is 0 Å². The summed E-state index contributed by atoms with van der Waals surface area (Å²) < 4.78 is 10.4. The normalized spacial score (nSPS) is 19.4. The van der Waals surface area contributed by atoms with Gasteiger partial charge in [0.25, 0.3) is 0 Å². The lowest BCUT2D eigenvalue weighted by Gasteiger charge is -2.36. The van der Waals surface area contributed by atoms with E-state index in [0.29, 0.717) is 25.6 Å². The van der Waals surface area contributed by atoms with Gasteiger partial charge >= 0.3 is 6.09 Å². The summed E-state index contributed by atoms with van der Waals surface area (Å²) in [6.07, 6.45) is 0.927. The number of halogens is 1. The summed E-state index contributed by atoms with van der Waals surface area (Å²) in [5.41, 5.74) is 1.21. The van der Waals surface area contributed by atoms with Crippen molar-refractivity contribution in [3.63, 3.8) is 0 Å². The number of anilines is 1. The lowest BCUT2D eigenvalue weighted by Crippen LogP contribution is -2.54. The molecule has 1 atom stereocenters. The van der Waals surface area contributed by atoms with E-state index in [1.165, 1.54) is 5.69 Å². The van der Waals surface area contributed by atoms with Crippen molar-refractivity contribution < 1.29 is 14.3 Å². The third-order valence-corrected chi connectivity index (χ3v) is 5.57. The molecule has 8 nitrogen and oxygen atoms in total. The number of hydrogen-bond donors (Lipinski definition) is 1. The zero-order chi connectivity index (χ0) is 20.6. The number of benzene rings is 1. The van der Waals surface area contributed by atoms with Crippen LogP contribution < -0.4 is 15.0 Å². The molecule has 0 bridgehead atoms. The van der Waals surface area contributed by atoms with Gasteiger partial charge in [-0.3, -0.25) is 4.99 Å². The second-order valence-corrected chi connectivity index (χ2v) is 7.40. The number of carbonyl (C=O) groups is 1. The van der Waals surface area contributed by atoms with Crippen molar-refractivity contribution in [1.29, 1.82) is 0 Å². The number of nitrogens with one attached hydrogen (secondary N) is 1. The summed E-state index contributed by atoms with van der Waals surface area (Å²) in [6, 6.07) is 8.25. The van der Waals surface area contributed by atoms with Crippen LogP contribution in [-0.4, -0.2) is 88.4 Å². The average molecular weight is 531 g/mol. The minimum Gasteiger partial charge on any atom is -0.497 e. The molecular formula is C21H34IN5O3. The van der Waals surface area contributed by atoms with Crippen LogP contribution in [0.4, 0.5) is 10.5 Å². The highest BCUT2D eigenvalue weighted by Gasteiger charge is 2.26. The molecule has 1 N–H and O–H groups in total. The van der Waals surface area contributed by atoms with Gasteiger partial charge in [-0.2, -0.15) is 0 Å². The predicted molar refractivity (Wildman–Crippen MR) is 130 cm³/mol. The molecule has 0 spiro atoms. The first-order valence-corrected chi connectivity index (χ1v) is 10.4. The van der Waals surface area contributed by atoms with E-state index < -0.39 is 0 Å². The van der Waals surface area contributed by atoms with Gasteiger partial charge in [0.15, 0.2) is 5.96 Å². The molecule has 3 rings (SSSR count). The number of piperazine rings is 1. The molecule has 0 saturated carbocycles. The smallest absolute Gasteiger partial charge is 0.409 e. The largest absolute Gasteiger partial charge is 0.497 e. The van der Waals surface area contributed by atoms with Gasteiger partial charge in [0, 0.05) is 64.6 Å². The van der Waals surface area contributed by atoms with Crippen LogP contribution in [0.5, 0.6) is 5.75 Å². The first kappa shape index (κ1) is 24.4. The predicted octanol–water partition coefficient (Wildman–Crippen LogP) is 2.49. The molecule has 2 heterocycles. The van der Waals surface area contributed by atoms with Gasteiger partial charge in [-0.15, -0.1) is 24.0 Å². The van der Waals surface area contributed by atoms with Crippen molar-refractivity contribution in [2.45, 2.75) is 13.3 Å². The van der Waals surface area contributed by atoms with Gasteiger partial charge in [-0.1, -0.05) is 6.07 Å². The summed E-state index contributed by atoms with van der Waals surface area (Å²) in [7, 11) is 3.52. The highest BCUT2D eigenvalue weighted by molar-refractivity contribution is 14.0. The molecule has 2 saturated heterocycles. The molecule has 1 aromatic carbocycles. The van der Waals surface area contributed by atoms with Gasteiger partial charge < -0.3 is 29.5 Å². The van der Waals surface area contributed by atoms with Crippen molar-refractivity contribution >= 4 is 41.7 Å². The topological polar surface area (TPSA) is 69.6 Å². The molecule has 1 unspecified atom stereocenters. The van der Waals surface area contributed by atoms with Crippen LogP contribution in [0.25, 0.3) is 0 Å². The van der Waals surface area contributed by atoms with Crippen LogP contribution in [-0.2, 0) is 4.74 Å².